The Bertz CT molecular complexity index is 3650. The summed E-state index contributed by atoms with van der Waals surface area (Å²) in [5.41, 5.74) is 5.12. The summed E-state index contributed by atoms with van der Waals surface area (Å²) in [6.07, 6.45) is 0.498. The van der Waals surface area contributed by atoms with E-state index in [2.05, 4.69) is 41.0 Å². The van der Waals surface area contributed by atoms with Crippen molar-refractivity contribution < 1.29 is 60.2 Å². The van der Waals surface area contributed by atoms with Crippen molar-refractivity contribution in [1.29, 1.82) is 0 Å². The molecule has 0 saturated carbocycles. The fourth-order valence-electron chi connectivity index (χ4n) is 10.2. The van der Waals surface area contributed by atoms with Crippen molar-refractivity contribution in [1.82, 2.24) is 20.6 Å². The maximum atomic E-state index is 13.3. The maximum Gasteiger partial charge on any atom is 0.416 e. The molecule has 89 heavy (non-hydrogen) atoms. The van der Waals surface area contributed by atoms with Crippen molar-refractivity contribution >= 4 is 58.1 Å². The molecule has 4 heterocycles. The first kappa shape index (κ1) is 64.8. The van der Waals surface area contributed by atoms with Gasteiger partial charge in [-0.25, -0.2) is 4.79 Å². The van der Waals surface area contributed by atoms with Gasteiger partial charge in [0.1, 0.15) is 0 Å². The normalized spacial score (nSPS) is 13.2. The molecule has 0 spiro atoms. The second-order valence-corrected chi connectivity index (χ2v) is 21.1. The zero-order chi connectivity index (χ0) is 62.5. The molecule has 21 heteroatoms. The summed E-state index contributed by atoms with van der Waals surface area (Å²) in [5, 5.41) is 20.4. The first-order chi connectivity index (χ1) is 42.2. The van der Waals surface area contributed by atoms with Crippen molar-refractivity contribution in [2.45, 2.75) is 78.3 Å². The number of amides is 4. The average Bonchev–Trinajstić information content (AvgIpc) is 1.54. The predicted molar refractivity (Wildman–Crippen MR) is 329 cm³/mol. The number of nitrogens with one attached hydrogen (secondary N) is 4. The van der Waals surface area contributed by atoms with Crippen LogP contribution in [0.25, 0.3) is 22.5 Å². The molecule has 460 valence electrons. The molecule has 10 rings (SSSR count). The number of anilines is 4. The molecule has 0 radical (unpaired) electrons. The Morgan fingerprint density at radius 2 is 0.831 bits per heavy atom. The van der Waals surface area contributed by atoms with E-state index >= 15 is 0 Å². The molecule has 0 aliphatic carbocycles. The van der Waals surface area contributed by atoms with Crippen LogP contribution in [-0.2, 0) is 25.4 Å². The lowest BCUT2D eigenvalue weighted by Crippen LogP contribution is -2.29. The molecule has 2 fully saturated rings. The number of hydrogen-bond acceptors (Lipinski definition) is 10. The minimum atomic E-state index is -4.49. The summed E-state index contributed by atoms with van der Waals surface area (Å²) >= 11 is 0. The predicted octanol–water partition coefficient (Wildman–Crippen LogP) is 14.4. The number of benzene rings is 6. The Labute approximate surface area is 510 Å². The van der Waals surface area contributed by atoms with Gasteiger partial charge < -0.3 is 36.2 Å². The Hall–Kier alpha value is -10.2. The number of carboxylic acids is 1. The summed E-state index contributed by atoms with van der Waals surface area (Å²) < 4.78 is 78.6. The van der Waals surface area contributed by atoms with Crippen molar-refractivity contribution in [3.05, 3.63) is 226 Å². The number of piperidine rings is 2. The van der Waals surface area contributed by atoms with E-state index in [0.29, 0.717) is 56.1 Å². The fourth-order valence-corrected chi connectivity index (χ4v) is 10.2. The van der Waals surface area contributed by atoms with Crippen LogP contribution in [0.1, 0.15) is 137 Å². The first-order valence-corrected chi connectivity index (χ1v) is 28.3. The monoisotopic (exact) mass is 1220 g/mol. The van der Waals surface area contributed by atoms with Gasteiger partial charge >= 0.3 is 18.3 Å². The molecule has 2 saturated heterocycles. The Morgan fingerprint density at radius 3 is 1.24 bits per heavy atom. The van der Waals surface area contributed by atoms with E-state index in [4.69, 9.17) is 0 Å². The van der Waals surface area contributed by atoms with E-state index < -0.39 is 53.1 Å². The van der Waals surface area contributed by atoms with E-state index in [1.54, 1.807) is 42.5 Å². The van der Waals surface area contributed by atoms with Crippen molar-refractivity contribution in [2.24, 2.45) is 0 Å². The van der Waals surface area contributed by atoms with Crippen LogP contribution in [0.5, 0.6) is 0 Å². The fraction of sp³-hybridized carbons (Fsp3) is 0.235. The van der Waals surface area contributed by atoms with Gasteiger partial charge in [0.2, 0.25) is 0 Å². The summed E-state index contributed by atoms with van der Waals surface area (Å²) in [5.74, 6) is -3.22. The second-order valence-electron chi connectivity index (χ2n) is 21.1. The molecule has 2 aliphatic rings. The molecule has 2 aliphatic heterocycles. The Balaban J connectivity index is 0.000000228. The lowest BCUT2D eigenvalue weighted by Gasteiger charge is -2.29. The van der Waals surface area contributed by atoms with Crippen molar-refractivity contribution in [3.8, 4) is 22.5 Å². The number of pyridine rings is 2. The average molecular weight is 1220 g/mol. The number of nitrogens with zero attached hydrogens (tertiary/aromatic N) is 4. The molecule has 0 atom stereocenters. The van der Waals surface area contributed by atoms with Gasteiger partial charge in [-0.3, -0.25) is 33.9 Å². The van der Waals surface area contributed by atoms with Gasteiger partial charge in [-0.2, -0.15) is 26.3 Å². The van der Waals surface area contributed by atoms with Gasteiger partial charge in [-0.1, -0.05) is 49.9 Å². The van der Waals surface area contributed by atoms with Crippen LogP contribution < -0.4 is 31.1 Å². The number of alkyl halides is 6. The molecule has 15 nitrogen and oxygen atoms in total. The highest BCUT2D eigenvalue weighted by Crippen LogP contribution is 2.36. The summed E-state index contributed by atoms with van der Waals surface area (Å²) in [6, 6.07) is 39.0. The standard InChI is InChI=1S/C34H31F3N4O3.C33H29F3N4O4.CH4/c1-22(42)24-8-6-9-25(18-24)33(44)40-30-12-11-28(41-15-3-2-4-16-41)20-29(30)31-19-26(13-14-38-31)32(43)39-21-23-7-5-10-27(17-23)34(35,36)37;34-33(35,36)25-9-4-6-21(16-25)20-38-30(41)23-12-13-37-29(18-23)27-19-26(40-14-2-1-3-15-40)10-11-28(27)39-31(42)22-7-5-8-24(17-22)32(43)44;/h5-14,17-20H,2-4,15-16,21H2,1H3,(H,39,43)(H,40,44);4-13,16-19H,1-3,14-15,20H2,(H,38,41)(H,39,42)(H,43,44);1H4. The van der Waals surface area contributed by atoms with Crippen LogP contribution in [0.15, 0.2) is 170 Å². The topological polar surface area (TPSA) is 203 Å². The number of aromatic carboxylic acids is 1. The molecule has 0 bridgehead atoms. The van der Waals surface area contributed by atoms with Gasteiger partial charge in [0, 0.05) is 102 Å². The minimum absolute atomic E-state index is 0. The zero-order valence-electron chi connectivity index (χ0n) is 47.6. The highest BCUT2D eigenvalue weighted by Gasteiger charge is 2.32. The van der Waals surface area contributed by atoms with Gasteiger partial charge in [-0.15, -0.1) is 0 Å². The SMILES string of the molecule is C.CC(=O)c1cccc(C(=O)Nc2ccc(N3CCCCC3)cc2-c2cc(C(=O)NCc3cccc(C(F)(F)F)c3)ccn2)c1.O=C(O)c1cccc(C(=O)Nc2ccc(N3CCCCC3)cc2-c2cc(C(=O)NCc3cccc(C(F)(F)F)c3)ccn2)c1. The molecule has 8 aromatic rings. The highest BCUT2D eigenvalue weighted by molar-refractivity contribution is 6.09. The second kappa shape index (κ2) is 29.0. The van der Waals surface area contributed by atoms with E-state index in [-0.39, 0.29) is 48.6 Å². The summed E-state index contributed by atoms with van der Waals surface area (Å²) in [4.78, 5) is 89.2. The lowest BCUT2D eigenvalue weighted by molar-refractivity contribution is -0.138. The quantitative estimate of drug-likeness (QED) is 0.0455. The summed E-state index contributed by atoms with van der Waals surface area (Å²) in [6.45, 7) is 4.77. The molecule has 5 N–H and O–H groups in total. The minimum Gasteiger partial charge on any atom is -0.478 e. The third-order valence-corrected chi connectivity index (χ3v) is 14.9. The highest BCUT2D eigenvalue weighted by atomic mass is 19.4. The largest absolute Gasteiger partial charge is 0.478 e. The van der Waals surface area contributed by atoms with Crippen LogP contribution in [0.3, 0.4) is 0 Å². The van der Waals surface area contributed by atoms with Gasteiger partial charge in [0.15, 0.2) is 5.78 Å². The number of carbonyl (C=O) groups excluding carboxylic acids is 5. The van der Waals surface area contributed by atoms with E-state index in [1.165, 1.54) is 86.0 Å². The number of ketones is 1. The molecule has 4 amide bonds. The van der Waals surface area contributed by atoms with Gasteiger partial charge in [0.25, 0.3) is 23.6 Å². The number of halogens is 6. The van der Waals surface area contributed by atoms with Crippen LogP contribution in [0.4, 0.5) is 49.1 Å². The van der Waals surface area contributed by atoms with Gasteiger partial charge in [-0.05, 0) is 172 Å². The third-order valence-electron chi connectivity index (χ3n) is 14.9. The molecule has 2 aromatic heterocycles. The number of hydrogen-bond donors (Lipinski definition) is 5. The third kappa shape index (κ3) is 17.1. The van der Waals surface area contributed by atoms with Crippen LogP contribution in [0, 0.1) is 0 Å². The molecular weight excluding hydrogens is 1150 g/mol. The lowest BCUT2D eigenvalue weighted by atomic mass is 10.0. The molecule has 6 aromatic carbocycles. The van der Waals surface area contributed by atoms with E-state index in [0.717, 1.165) is 100 Å². The van der Waals surface area contributed by atoms with Crippen LogP contribution >= 0.6 is 0 Å². The van der Waals surface area contributed by atoms with Crippen LogP contribution in [0.2, 0.25) is 0 Å². The number of carbonyl (C=O) groups is 6. The summed E-state index contributed by atoms with van der Waals surface area (Å²) in [7, 11) is 0. The van der Waals surface area contributed by atoms with E-state index in [1.807, 2.05) is 24.3 Å². The number of Topliss-reactive ketones (excluding diaryl/α,β-unsaturated/α-hetero) is 1. The maximum absolute atomic E-state index is 13.3. The van der Waals surface area contributed by atoms with Gasteiger partial charge in [0.05, 0.1) is 39.5 Å². The van der Waals surface area contributed by atoms with Crippen LogP contribution in [-0.4, -0.2) is 76.6 Å². The van der Waals surface area contributed by atoms with Crippen molar-refractivity contribution in [3.63, 3.8) is 0 Å². The number of aromatic nitrogens is 2. The Morgan fingerprint density at radius 1 is 0.449 bits per heavy atom. The molecule has 0 unspecified atom stereocenters. The first-order valence-electron chi connectivity index (χ1n) is 28.3. The smallest absolute Gasteiger partial charge is 0.416 e. The molecular formula is C68H64F6N8O7. The number of rotatable bonds is 16. The van der Waals surface area contributed by atoms with Crippen molar-refractivity contribution in [2.75, 3.05) is 46.6 Å². The van der Waals surface area contributed by atoms with E-state index in [9.17, 15) is 60.2 Å². The number of carboxylic acid groups (broad SMARTS) is 1. The Kier molecular flexibility index (Phi) is 21.1. The zero-order valence-corrected chi connectivity index (χ0v) is 47.6.